The van der Waals surface area contributed by atoms with Crippen LogP contribution < -0.4 is 0 Å². The molecular formula is C18H26O3. The molecule has 2 aliphatic heterocycles. The van der Waals surface area contributed by atoms with E-state index in [2.05, 4.69) is 13.8 Å². The first-order valence-electron chi connectivity index (χ1n) is 9.25. The van der Waals surface area contributed by atoms with Gasteiger partial charge in [-0.3, -0.25) is 0 Å². The molecule has 0 aromatic heterocycles. The molecule has 0 aromatic rings. The standard InChI is InChI=1S/C18H26O3/c1-3-13-11-5-7-15(9-11)17(13,19-15)21-18-14(4-2)12-6-8-16(18,10-12)20-18/h11-14H,3-10H2,1-2H3. The molecule has 0 N–H and O–H groups in total. The normalized spacial score (nSPS) is 68.3. The van der Waals surface area contributed by atoms with Crippen LogP contribution in [-0.2, 0) is 14.2 Å². The Balaban J connectivity index is 1.37. The van der Waals surface area contributed by atoms with Gasteiger partial charge < -0.3 is 14.2 Å². The second kappa shape index (κ2) is 3.22. The lowest BCUT2D eigenvalue weighted by atomic mass is 9.81. The Morgan fingerprint density at radius 2 is 1.33 bits per heavy atom. The first kappa shape index (κ1) is 12.3. The number of hydrogen-bond donors (Lipinski definition) is 0. The van der Waals surface area contributed by atoms with Crippen LogP contribution in [0.4, 0.5) is 0 Å². The van der Waals surface area contributed by atoms with E-state index in [1.54, 1.807) is 0 Å². The van der Waals surface area contributed by atoms with Crippen LogP contribution >= 0.6 is 0 Å². The molecule has 8 unspecified atom stereocenters. The average molecular weight is 290 g/mol. The SMILES string of the molecule is CCC1C2CCC3(C2)OC13OC12OC13CCC(C3)C2CC. The summed E-state index contributed by atoms with van der Waals surface area (Å²) in [7, 11) is 0. The summed E-state index contributed by atoms with van der Waals surface area (Å²) in [6.45, 7) is 4.62. The molecule has 4 aliphatic carbocycles. The Morgan fingerprint density at radius 1 is 0.857 bits per heavy atom. The molecule has 2 spiro atoms. The lowest BCUT2D eigenvalue weighted by molar-refractivity contribution is -0.206. The van der Waals surface area contributed by atoms with Crippen molar-refractivity contribution in [1.82, 2.24) is 0 Å². The molecule has 0 amide bonds. The van der Waals surface area contributed by atoms with Crippen LogP contribution in [0.25, 0.3) is 0 Å². The zero-order chi connectivity index (χ0) is 14.1. The van der Waals surface area contributed by atoms with Gasteiger partial charge in [0.15, 0.2) is 0 Å². The fourth-order valence-corrected chi connectivity index (χ4v) is 7.38. The van der Waals surface area contributed by atoms with E-state index in [1.807, 2.05) is 0 Å². The molecule has 4 bridgehead atoms. The van der Waals surface area contributed by atoms with Gasteiger partial charge in [0, 0.05) is 11.8 Å². The van der Waals surface area contributed by atoms with Crippen molar-refractivity contribution < 1.29 is 14.2 Å². The number of ether oxygens (including phenoxy) is 3. The van der Waals surface area contributed by atoms with Crippen molar-refractivity contribution in [2.24, 2.45) is 23.7 Å². The van der Waals surface area contributed by atoms with Gasteiger partial charge in [0.2, 0.25) is 11.6 Å². The summed E-state index contributed by atoms with van der Waals surface area (Å²) in [5.41, 5.74) is 0.167. The number of rotatable bonds is 4. The van der Waals surface area contributed by atoms with Crippen LogP contribution in [0.15, 0.2) is 0 Å². The third kappa shape index (κ3) is 1.05. The third-order valence-electron chi connectivity index (χ3n) is 8.20. The van der Waals surface area contributed by atoms with Crippen LogP contribution in [-0.4, -0.2) is 22.8 Å². The van der Waals surface area contributed by atoms with Gasteiger partial charge in [-0.05, 0) is 63.2 Å². The first-order chi connectivity index (χ1) is 10.1. The third-order valence-corrected chi connectivity index (χ3v) is 8.20. The van der Waals surface area contributed by atoms with Gasteiger partial charge in [0.05, 0.1) is 0 Å². The zero-order valence-corrected chi connectivity index (χ0v) is 13.2. The second-order valence-electron chi connectivity index (χ2n) is 8.67. The fourth-order valence-electron chi connectivity index (χ4n) is 7.38. The van der Waals surface area contributed by atoms with Gasteiger partial charge in [0.1, 0.15) is 11.2 Å². The van der Waals surface area contributed by atoms with E-state index in [4.69, 9.17) is 14.2 Å². The summed E-state index contributed by atoms with van der Waals surface area (Å²) in [5.74, 6) is 2.39. The molecule has 3 heteroatoms. The Kier molecular flexibility index (Phi) is 1.89. The molecule has 0 aromatic carbocycles. The largest absolute Gasteiger partial charge is 0.335 e. The fraction of sp³-hybridized carbons (Fsp3) is 1.00. The minimum absolute atomic E-state index is 0.0837. The summed E-state index contributed by atoms with van der Waals surface area (Å²) in [4.78, 5) is 0. The molecule has 4 saturated carbocycles. The summed E-state index contributed by atoms with van der Waals surface area (Å²) < 4.78 is 19.6. The second-order valence-corrected chi connectivity index (χ2v) is 8.67. The molecule has 6 fully saturated rings. The highest BCUT2D eigenvalue weighted by Gasteiger charge is 2.90. The predicted molar refractivity (Wildman–Crippen MR) is 76.4 cm³/mol. The van der Waals surface area contributed by atoms with E-state index in [-0.39, 0.29) is 22.8 Å². The van der Waals surface area contributed by atoms with E-state index in [1.165, 1.54) is 51.4 Å². The van der Waals surface area contributed by atoms with E-state index in [0.717, 1.165) is 11.8 Å². The van der Waals surface area contributed by atoms with E-state index in [9.17, 15) is 0 Å². The van der Waals surface area contributed by atoms with Crippen LogP contribution in [0.3, 0.4) is 0 Å². The minimum Gasteiger partial charge on any atom is -0.335 e. The lowest BCUT2D eigenvalue weighted by Gasteiger charge is -2.34. The molecule has 2 heterocycles. The van der Waals surface area contributed by atoms with E-state index >= 15 is 0 Å². The molecule has 2 saturated heterocycles. The Morgan fingerprint density at radius 3 is 1.76 bits per heavy atom. The molecule has 116 valence electrons. The average Bonchev–Trinajstić information content (AvgIpc) is 2.97. The van der Waals surface area contributed by atoms with Crippen molar-refractivity contribution in [3.8, 4) is 0 Å². The monoisotopic (exact) mass is 290 g/mol. The molecule has 8 atom stereocenters. The van der Waals surface area contributed by atoms with Crippen LogP contribution in [0.1, 0.15) is 65.2 Å². The highest BCUT2D eigenvalue weighted by Crippen LogP contribution is 2.80. The van der Waals surface area contributed by atoms with Gasteiger partial charge in [-0.2, -0.15) is 0 Å². The molecule has 21 heavy (non-hydrogen) atoms. The maximum absolute atomic E-state index is 6.91. The van der Waals surface area contributed by atoms with Crippen LogP contribution in [0, 0.1) is 23.7 Å². The van der Waals surface area contributed by atoms with Gasteiger partial charge in [-0.25, -0.2) is 0 Å². The van der Waals surface area contributed by atoms with Crippen molar-refractivity contribution in [2.75, 3.05) is 0 Å². The summed E-state index contributed by atoms with van der Waals surface area (Å²) in [6, 6.07) is 0. The van der Waals surface area contributed by atoms with Crippen LogP contribution in [0.5, 0.6) is 0 Å². The molecule has 6 aliphatic rings. The van der Waals surface area contributed by atoms with Gasteiger partial charge in [0.25, 0.3) is 0 Å². The van der Waals surface area contributed by atoms with Gasteiger partial charge >= 0.3 is 0 Å². The Hall–Kier alpha value is -0.120. The van der Waals surface area contributed by atoms with Crippen LogP contribution in [0.2, 0.25) is 0 Å². The summed E-state index contributed by atoms with van der Waals surface area (Å²) in [6.07, 6.45) is 10.0. The molecular weight excluding hydrogens is 264 g/mol. The molecule has 0 radical (unpaired) electrons. The van der Waals surface area contributed by atoms with Crippen molar-refractivity contribution in [3.63, 3.8) is 0 Å². The summed E-state index contributed by atoms with van der Waals surface area (Å²) >= 11 is 0. The topological polar surface area (TPSA) is 34.3 Å². The minimum atomic E-state index is -0.258. The van der Waals surface area contributed by atoms with E-state index < -0.39 is 0 Å². The van der Waals surface area contributed by atoms with Gasteiger partial charge in [-0.15, -0.1) is 0 Å². The first-order valence-corrected chi connectivity index (χ1v) is 9.25. The van der Waals surface area contributed by atoms with Crippen molar-refractivity contribution in [3.05, 3.63) is 0 Å². The molecule has 3 nitrogen and oxygen atoms in total. The van der Waals surface area contributed by atoms with Gasteiger partial charge in [-0.1, -0.05) is 13.8 Å². The highest BCUT2D eigenvalue weighted by molar-refractivity contribution is 5.30. The Bertz CT molecular complexity index is 489. The zero-order valence-electron chi connectivity index (χ0n) is 13.2. The number of epoxide rings is 2. The van der Waals surface area contributed by atoms with Crippen molar-refractivity contribution in [2.45, 2.75) is 88.0 Å². The Labute approximate surface area is 126 Å². The highest BCUT2D eigenvalue weighted by atomic mass is 16.9. The van der Waals surface area contributed by atoms with E-state index in [0.29, 0.717) is 11.8 Å². The van der Waals surface area contributed by atoms with Crippen molar-refractivity contribution >= 4 is 0 Å². The number of fused-ring (bicyclic) bond motifs is 2. The smallest absolute Gasteiger partial charge is 0.204 e. The predicted octanol–water partition coefficient (Wildman–Crippen LogP) is 3.61. The maximum atomic E-state index is 6.91. The lowest BCUT2D eigenvalue weighted by Crippen LogP contribution is -2.44. The number of hydrogen-bond acceptors (Lipinski definition) is 3. The molecule has 6 rings (SSSR count). The quantitative estimate of drug-likeness (QED) is 0.742. The van der Waals surface area contributed by atoms with Crippen molar-refractivity contribution in [1.29, 1.82) is 0 Å². The maximum Gasteiger partial charge on any atom is 0.204 e. The summed E-state index contributed by atoms with van der Waals surface area (Å²) in [5, 5.41) is 0.